The van der Waals surface area contributed by atoms with E-state index in [1.54, 1.807) is 0 Å². The van der Waals surface area contributed by atoms with Gasteiger partial charge in [0.25, 0.3) is 5.91 Å². The molecule has 168 valence electrons. The Balaban J connectivity index is 1.70. The summed E-state index contributed by atoms with van der Waals surface area (Å²) >= 11 is 1.06. The summed E-state index contributed by atoms with van der Waals surface area (Å²) in [4.78, 5) is 23.7. The van der Waals surface area contributed by atoms with Crippen LogP contribution in [0.1, 0.15) is 53.2 Å². The van der Waals surface area contributed by atoms with E-state index in [2.05, 4.69) is 20.8 Å². The van der Waals surface area contributed by atoms with Gasteiger partial charge in [0, 0.05) is 12.6 Å². The Hall–Kier alpha value is -3.40. The molecular weight excluding hydrogens is 438 g/mol. The summed E-state index contributed by atoms with van der Waals surface area (Å²) in [6.07, 6.45) is 0. The van der Waals surface area contributed by atoms with Crippen molar-refractivity contribution in [2.75, 3.05) is 10.6 Å². The van der Waals surface area contributed by atoms with Gasteiger partial charge in [-0.15, -0.1) is 10.2 Å². The zero-order valence-electron chi connectivity index (χ0n) is 18.0. The van der Waals surface area contributed by atoms with Gasteiger partial charge in [0.05, 0.1) is 5.56 Å². The summed E-state index contributed by atoms with van der Waals surface area (Å²) in [5, 5.41) is 13.7. The molecule has 0 bridgehead atoms. The van der Waals surface area contributed by atoms with Crippen LogP contribution in [0.5, 0.6) is 5.75 Å². The molecule has 2 aromatic carbocycles. The van der Waals surface area contributed by atoms with Crippen molar-refractivity contribution in [1.82, 2.24) is 10.2 Å². The number of aromatic nitrogens is 2. The molecule has 0 radical (unpaired) electrons. The smallest absolute Gasteiger partial charge is 0.260 e. The third kappa shape index (κ3) is 5.64. The normalized spacial score (nSPS) is 10.8. The fourth-order valence-electron chi connectivity index (χ4n) is 2.97. The highest BCUT2D eigenvalue weighted by atomic mass is 32.1. The number of carbonyl (C=O) groups is 2. The van der Waals surface area contributed by atoms with Crippen LogP contribution in [-0.2, 0) is 11.4 Å². The second-order valence-electron chi connectivity index (χ2n) is 7.41. The van der Waals surface area contributed by atoms with Gasteiger partial charge in [-0.1, -0.05) is 25.2 Å². The summed E-state index contributed by atoms with van der Waals surface area (Å²) in [6, 6.07) is 6.36. The zero-order valence-corrected chi connectivity index (χ0v) is 18.8. The maximum Gasteiger partial charge on any atom is 0.260 e. The van der Waals surface area contributed by atoms with Crippen LogP contribution in [0.4, 0.5) is 19.6 Å². The van der Waals surface area contributed by atoms with Gasteiger partial charge < -0.3 is 10.1 Å². The van der Waals surface area contributed by atoms with E-state index < -0.39 is 23.1 Å². The molecule has 3 aromatic rings. The van der Waals surface area contributed by atoms with Crippen LogP contribution in [0.3, 0.4) is 0 Å². The van der Waals surface area contributed by atoms with Crippen molar-refractivity contribution in [1.29, 1.82) is 0 Å². The summed E-state index contributed by atoms with van der Waals surface area (Å²) in [5.41, 5.74) is 2.08. The van der Waals surface area contributed by atoms with Crippen molar-refractivity contribution in [3.63, 3.8) is 0 Å². The minimum atomic E-state index is -0.837. The molecule has 0 spiro atoms. The molecule has 1 heterocycles. The summed E-state index contributed by atoms with van der Waals surface area (Å²) in [7, 11) is 0. The zero-order chi connectivity index (χ0) is 23.4. The lowest BCUT2D eigenvalue weighted by Crippen LogP contribution is -2.14. The molecule has 7 nitrogen and oxygen atoms in total. The van der Waals surface area contributed by atoms with Crippen molar-refractivity contribution < 1.29 is 23.1 Å². The van der Waals surface area contributed by atoms with Crippen LogP contribution < -0.4 is 15.4 Å². The standard InChI is InChI=1S/C22H22F2N4O3S/c1-11(2)15-9-19(12(3)7-18(15)25-13(4)29)31-10-20-27-28-22(32-20)26-21(30)16-8-14(23)5-6-17(16)24/h5-9,11H,10H2,1-4H3,(H,25,29)(H,26,28,30). The van der Waals surface area contributed by atoms with E-state index in [0.29, 0.717) is 10.8 Å². The van der Waals surface area contributed by atoms with Gasteiger partial charge in [0.1, 0.15) is 24.0 Å². The molecule has 0 aliphatic rings. The molecule has 2 amide bonds. The number of nitrogens with zero attached hydrogens (tertiary/aromatic N) is 2. The van der Waals surface area contributed by atoms with Crippen molar-refractivity contribution in [3.05, 3.63) is 63.7 Å². The average Bonchev–Trinajstić information content (AvgIpc) is 3.15. The second-order valence-corrected chi connectivity index (χ2v) is 8.47. The first kappa shape index (κ1) is 23.3. The molecule has 0 aliphatic heterocycles. The fourth-order valence-corrected chi connectivity index (χ4v) is 3.62. The van der Waals surface area contributed by atoms with Gasteiger partial charge in [-0.2, -0.15) is 0 Å². The first-order valence-corrected chi connectivity index (χ1v) is 10.6. The number of ether oxygens (including phenoxy) is 1. The predicted molar refractivity (Wildman–Crippen MR) is 118 cm³/mol. The van der Waals surface area contributed by atoms with Crippen LogP contribution >= 0.6 is 11.3 Å². The van der Waals surface area contributed by atoms with Crippen LogP contribution in [0.15, 0.2) is 30.3 Å². The molecule has 0 aliphatic carbocycles. The van der Waals surface area contributed by atoms with Crippen molar-refractivity contribution in [2.24, 2.45) is 0 Å². The van der Waals surface area contributed by atoms with Crippen LogP contribution in [0.25, 0.3) is 0 Å². The number of amides is 2. The number of benzene rings is 2. The molecule has 0 atom stereocenters. The van der Waals surface area contributed by atoms with E-state index >= 15 is 0 Å². The molecule has 0 unspecified atom stereocenters. The Morgan fingerprint density at radius 1 is 1.12 bits per heavy atom. The van der Waals surface area contributed by atoms with Gasteiger partial charge in [-0.3, -0.25) is 14.9 Å². The summed E-state index contributed by atoms with van der Waals surface area (Å²) < 4.78 is 32.9. The third-order valence-electron chi connectivity index (χ3n) is 4.49. The molecule has 1 aromatic heterocycles. The Bertz CT molecular complexity index is 1160. The number of aryl methyl sites for hydroxylation is 1. The number of nitrogens with one attached hydrogen (secondary N) is 2. The first-order valence-electron chi connectivity index (χ1n) is 9.77. The summed E-state index contributed by atoms with van der Waals surface area (Å²) in [5.74, 6) is -1.74. The highest BCUT2D eigenvalue weighted by Gasteiger charge is 2.16. The Morgan fingerprint density at radius 2 is 1.88 bits per heavy atom. The van der Waals surface area contributed by atoms with Gasteiger partial charge >= 0.3 is 0 Å². The molecule has 0 saturated heterocycles. The number of anilines is 2. The van der Waals surface area contributed by atoms with E-state index in [0.717, 1.165) is 46.4 Å². The number of rotatable bonds is 7. The molecule has 0 saturated carbocycles. The van der Waals surface area contributed by atoms with Gasteiger partial charge in [0.2, 0.25) is 11.0 Å². The van der Waals surface area contributed by atoms with Crippen molar-refractivity contribution in [3.8, 4) is 5.75 Å². The van der Waals surface area contributed by atoms with Gasteiger partial charge in [-0.05, 0) is 54.3 Å². The van der Waals surface area contributed by atoms with Crippen LogP contribution in [0, 0.1) is 18.6 Å². The molecular formula is C22H22F2N4O3S. The Labute approximate surface area is 187 Å². The molecule has 32 heavy (non-hydrogen) atoms. The van der Waals surface area contributed by atoms with E-state index in [1.807, 2.05) is 32.9 Å². The lowest BCUT2D eigenvalue weighted by atomic mass is 9.98. The monoisotopic (exact) mass is 460 g/mol. The largest absolute Gasteiger partial charge is 0.486 e. The van der Waals surface area contributed by atoms with E-state index in [-0.39, 0.29) is 23.6 Å². The van der Waals surface area contributed by atoms with Crippen LogP contribution in [0.2, 0.25) is 0 Å². The van der Waals surface area contributed by atoms with E-state index in [9.17, 15) is 18.4 Å². The first-order chi connectivity index (χ1) is 15.1. The minimum Gasteiger partial charge on any atom is -0.486 e. The van der Waals surface area contributed by atoms with Crippen molar-refractivity contribution in [2.45, 2.75) is 40.2 Å². The average molecular weight is 461 g/mol. The minimum absolute atomic E-state index is 0.0969. The Kier molecular flexibility index (Phi) is 7.14. The molecule has 3 rings (SSSR count). The fraction of sp³-hybridized carbons (Fsp3) is 0.273. The Morgan fingerprint density at radius 3 is 2.56 bits per heavy atom. The van der Waals surface area contributed by atoms with Crippen LogP contribution in [-0.4, -0.2) is 22.0 Å². The highest BCUT2D eigenvalue weighted by Crippen LogP contribution is 2.32. The van der Waals surface area contributed by atoms with E-state index in [1.165, 1.54) is 6.92 Å². The topological polar surface area (TPSA) is 93.2 Å². The maximum atomic E-state index is 13.8. The van der Waals surface area contributed by atoms with E-state index in [4.69, 9.17) is 4.74 Å². The molecule has 10 heteroatoms. The number of hydrogen-bond donors (Lipinski definition) is 2. The number of carbonyl (C=O) groups excluding carboxylic acids is 2. The van der Waals surface area contributed by atoms with Crippen molar-refractivity contribution >= 4 is 34.0 Å². The van der Waals surface area contributed by atoms with Gasteiger partial charge in [0.15, 0.2) is 5.01 Å². The SMILES string of the molecule is CC(=O)Nc1cc(C)c(OCc2nnc(NC(=O)c3cc(F)ccc3F)s2)cc1C(C)C. The highest BCUT2D eigenvalue weighted by molar-refractivity contribution is 7.15. The van der Waals surface area contributed by atoms with Gasteiger partial charge in [-0.25, -0.2) is 8.78 Å². The maximum absolute atomic E-state index is 13.8. The predicted octanol–water partition coefficient (Wildman–Crippen LogP) is 5.04. The quantitative estimate of drug-likeness (QED) is 0.515. The number of hydrogen-bond acceptors (Lipinski definition) is 6. The summed E-state index contributed by atoms with van der Waals surface area (Å²) in [6.45, 7) is 7.45. The third-order valence-corrected chi connectivity index (χ3v) is 5.30. The molecule has 2 N–H and O–H groups in total. The molecule has 0 fully saturated rings. The lowest BCUT2D eigenvalue weighted by molar-refractivity contribution is -0.114. The lowest BCUT2D eigenvalue weighted by Gasteiger charge is -2.17. The second kappa shape index (κ2) is 9.82. The number of halogens is 2.